The molecule has 0 aliphatic heterocycles. The minimum atomic E-state index is -1.11. The second-order valence-corrected chi connectivity index (χ2v) is 2.80. The van der Waals surface area contributed by atoms with E-state index in [1.54, 1.807) is 12.1 Å². The van der Waals surface area contributed by atoms with Crippen LogP contribution >= 0.6 is 0 Å². The summed E-state index contributed by atoms with van der Waals surface area (Å²) in [6, 6.07) is 5.15. The summed E-state index contributed by atoms with van der Waals surface area (Å²) in [7, 11) is 0. The van der Waals surface area contributed by atoms with Crippen molar-refractivity contribution in [3.8, 4) is 5.75 Å². The number of benzene rings is 1. The molecule has 8 heteroatoms. The van der Waals surface area contributed by atoms with Crippen molar-refractivity contribution in [3.05, 3.63) is 29.8 Å². The van der Waals surface area contributed by atoms with Crippen LogP contribution in [0.15, 0.2) is 24.3 Å². The van der Waals surface area contributed by atoms with Gasteiger partial charge in [-0.05, 0) is 12.1 Å². The number of primary amides is 2. The molecular formula is C10H12CaN2O5. The number of hydrogen-bond acceptors (Lipinski definition) is 4. The van der Waals surface area contributed by atoms with Crippen LogP contribution in [0, 0.1) is 0 Å². The van der Waals surface area contributed by atoms with Crippen LogP contribution in [-0.2, 0) is 4.79 Å². The third kappa shape index (κ3) is 8.80. The SMILES string of the molecule is CC(=O)Oc1ccccc1C(=O)O.NC(N)=O.[Ca]. The maximum absolute atomic E-state index is 10.6. The Balaban J connectivity index is 0. The maximum Gasteiger partial charge on any atom is 0.339 e. The van der Waals surface area contributed by atoms with Gasteiger partial charge in [-0.3, -0.25) is 4.79 Å². The van der Waals surface area contributed by atoms with E-state index >= 15 is 0 Å². The van der Waals surface area contributed by atoms with Crippen molar-refractivity contribution >= 4 is 55.7 Å². The van der Waals surface area contributed by atoms with Crippen LogP contribution in [0.3, 0.4) is 0 Å². The fraction of sp³-hybridized carbons (Fsp3) is 0.100. The molecule has 18 heavy (non-hydrogen) atoms. The largest absolute Gasteiger partial charge is 0.478 e. The molecule has 94 valence electrons. The first kappa shape index (κ1) is 19.0. The van der Waals surface area contributed by atoms with Crippen molar-refractivity contribution in [3.63, 3.8) is 0 Å². The first-order valence-corrected chi connectivity index (χ1v) is 4.40. The number of ether oxygens (including phenoxy) is 1. The molecule has 2 radical (unpaired) electrons. The molecule has 1 aromatic carbocycles. The number of aromatic carboxylic acids is 1. The van der Waals surface area contributed by atoms with Gasteiger partial charge in [0.25, 0.3) is 0 Å². The number of rotatable bonds is 2. The molecule has 2 amide bonds. The fourth-order valence-corrected chi connectivity index (χ4v) is 0.887. The number of carbonyl (C=O) groups excluding carboxylic acids is 2. The summed E-state index contributed by atoms with van der Waals surface area (Å²) >= 11 is 0. The summed E-state index contributed by atoms with van der Waals surface area (Å²) in [5, 5.41) is 8.69. The molecule has 1 rings (SSSR count). The second-order valence-electron chi connectivity index (χ2n) is 2.80. The van der Waals surface area contributed by atoms with Crippen LogP contribution in [-0.4, -0.2) is 60.8 Å². The molecule has 0 atom stereocenters. The molecule has 0 heterocycles. The van der Waals surface area contributed by atoms with Crippen LogP contribution < -0.4 is 16.2 Å². The average molecular weight is 280 g/mol. The van der Waals surface area contributed by atoms with E-state index in [0.29, 0.717) is 0 Å². The number of carboxylic acid groups (broad SMARTS) is 1. The number of nitrogens with two attached hydrogens (primary N) is 2. The predicted molar refractivity (Wildman–Crippen MR) is 64.2 cm³/mol. The third-order valence-corrected chi connectivity index (χ3v) is 1.37. The molecule has 0 unspecified atom stereocenters. The van der Waals surface area contributed by atoms with Gasteiger partial charge in [-0.25, -0.2) is 9.59 Å². The summed E-state index contributed by atoms with van der Waals surface area (Å²) < 4.78 is 4.69. The smallest absolute Gasteiger partial charge is 0.339 e. The van der Waals surface area contributed by atoms with Crippen molar-refractivity contribution in [2.24, 2.45) is 11.5 Å². The predicted octanol–water partition coefficient (Wildman–Crippen LogP) is -0.0469. The zero-order valence-electron chi connectivity index (χ0n) is 9.75. The number of carboxylic acids is 1. The Kier molecular flexibility index (Phi) is 10.3. The van der Waals surface area contributed by atoms with E-state index in [-0.39, 0.29) is 49.1 Å². The molecule has 7 nitrogen and oxygen atoms in total. The molecule has 0 aliphatic carbocycles. The standard InChI is InChI=1S/C9H8O4.CH4N2O.Ca/c1-6(10)13-8-5-3-2-4-7(8)9(11)12;2-1(3)4;/h2-5H,1H3,(H,11,12);(H4,2,3,4);. The van der Waals surface area contributed by atoms with E-state index in [9.17, 15) is 9.59 Å². The molecule has 0 saturated carbocycles. The van der Waals surface area contributed by atoms with Crippen LogP contribution in [0.2, 0.25) is 0 Å². The van der Waals surface area contributed by atoms with Gasteiger partial charge >= 0.3 is 18.0 Å². The molecule has 1 aromatic rings. The summed E-state index contributed by atoms with van der Waals surface area (Å²) in [6.45, 7) is 1.22. The van der Waals surface area contributed by atoms with E-state index in [0.717, 1.165) is 0 Å². The van der Waals surface area contributed by atoms with Crippen molar-refractivity contribution in [2.45, 2.75) is 6.92 Å². The number of carbonyl (C=O) groups is 3. The van der Waals surface area contributed by atoms with Gasteiger partial charge in [0.15, 0.2) is 0 Å². The summed E-state index contributed by atoms with van der Waals surface area (Å²) in [5.74, 6) is -1.58. The molecule has 5 N–H and O–H groups in total. The van der Waals surface area contributed by atoms with E-state index in [4.69, 9.17) is 9.90 Å². The van der Waals surface area contributed by atoms with Gasteiger partial charge in [-0.1, -0.05) is 12.1 Å². The quantitative estimate of drug-likeness (QED) is 0.397. The number of hydrogen-bond donors (Lipinski definition) is 3. The van der Waals surface area contributed by atoms with Gasteiger partial charge in [-0.2, -0.15) is 0 Å². The summed E-state index contributed by atoms with van der Waals surface area (Å²) in [4.78, 5) is 30.2. The molecule has 0 aromatic heterocycles. The van der Waals surface area contributed by atoms with Crippen LogP contribution in [0.25, 0.3) is 0 Å². The molecule has 0 fully saturated rings. The zero-order chi connectivity index (χ0) is 13.4. The van der Waals surface area contributed by atoms with Gasteiger partial charge in [0, 0.05) is 44.7 Å². The summed E-state index contributed by atoms with van der Waals surface area (Å²) in [5.41, 5.74) is 8.48. The second kappa shape index (κ2) is 9.69. The first-order chi connectivity index (χ1) is 7.84. The molecule has 0 bridgehead atoms. The van der Waals surface area contributed by atoms with Crippen molar-refractivity contribution in [2.75, 3.05) is 0 Å². The molecule has 0 spiro atoms. The third-order valence-electron chi connectivity index (χ3n) is 1.37. The topological polar surface area (TPSA) is 133 Å². The van der Waals surface area contributed by atoms with Crippen molar-refractivity contribution < 1.29 is 24.2 Å². The number of para-hydroxylation sites is 1. The monoisotopic (exact) mass is 280 g/mol. The van der Waals surface area contributed by atoms with Crippen LogP contribution in [0.1, 0.15) is 17.3 Å². The van der Waals surface area contributed by atoms with Crippen molar-refractivity contribution in [1.82, 2.24) is 0 Å². The summed E-state index contributed by atoms with van der Waals surface area (Å²) in [6.07, 6.45) is 0. The Labute approximate surface area is 133 Å². The van der Waals surface area contributed by atoms with E-state index in [1.165, 1.54) is 19.1 Å². The van der Waals surface area contributed by atoms with Gasteiger partial charge in [0.2, 0.25) is 0 Å². The Morgan fingerprint density at radius 1 is 1.17 bits per heavy atom. The molecule has 0 saturated heterocycles. The minimum Gasteiger partial charge on any atom is -0.478 e. The fourth-order valence-electron chi connectivity index (χ4n) is 0.887. The molecule has 0 aliphatic rings. The number of amides is 2. The average Bonchev–Trinajstić information content (AvgIpc) is 2.16. The van der Waals surface area contributed by atoms with Crippen molar-refractivity contribution in [1.29, 1.82) is 0 Å². The van der Waals surface area contributed by atoms with E-state index in [1.807, 2.05) is 0 Å². The number of esters is 1. The van der Waals surface area contributed by atoms with E-state index in [2.05, 4.69) is 16.2 Å². The number of urea groups is 1. The normalized spacial score (nSPS) is 8.06. The Hall–Kier alpha value is -1.31. The zero-order valence-corrected chi connectivity index (χ0v) is 12.0. The minimum absolute atomic E-state index is 0. The van der Waals surface area contributed by atoms with Gasteiger partial charge in [-0.15, -0.1) is 0 Å². The molecular weight excluding hydrogens is 268 g/mol. The van der Waals surface area contributed by atoms with E-state index < -0.39 is 18.0 Å². The van der Waals surface area contributed by atoms with Gasteiger partial charge < -0.3 is 21.3 Å². The van der Waals surface area contributed by atoms with Crippen LogP contribution in [0.4, 0.5) is 4.79 Å². The van der Waals surface area contributed by atoms with Gasteiger partial charge in [0.1, 0.15) is 11.3 Å². The van der Waals surface area contributed by atoms with Gasteiger partial charge in [0.05, 0.1) is 0 Å². The Morgan fingerprint density at radius 3 is 2.00 bits per heavy atom. The maximum atomic E-state index is 10.6. The Bertz CT molecular complexity index is 432. The first-order valence-electron chi connectivity index (χ1n) is 4.40. The van der Waals surface area contributed by atoms with Crippen LogP contribution in [0.5, 0.6) is 5.75 Å². The Morgan fingerprint density at radius 2 is 1.61 bits per heavy atom.